The van der Waals surface area contributed by atoms with Crippen molar-refractivity contribution in [2.45, 2.75) is 11.8 Å². The van der Waals surface area contributed by atoms with Gasteiger partial charge in [-0.05, 0) is 31.2 Å². The van der Waals surface area contributed by atoms with Crippen LogP contribution >= 0.6 is 0 Å². The van der Waals surface area contributed by atoms with E-state index in [1.165, 1.54) is 18.2 Å². The molecule has 0 aliphatic heterocycles. The zero-order valence-corrected chi connectivity index (χ0v) is 13.1. The molecule has 0 saturated carbocycles. The Balaban J connectivity index is 2.07. The highest BCUT2D eigenvalue weighted by Gasteiger charge is 2.18. The van der Waals surface area contributed by atoms with Crippen LogP contribution in [0.4, 0.5) is 0 Å². The number of benzene rings is 2. The number of rotatable bonds is 4. The molecule has 0 unspecified atom stereocenters. The Bertz CT molecular complexity index is 979. The third-order valence-corrected chi connectivity index (χ3v) is 4.58. The molecule has 1 heterocycles. The standard InChI is InChI=1S/C17H13NO4S/c1-12-5-9-15(10-6-12)23(20,21)22-16-4-2-3-13-7-8-14(11-19)18-17(13)16/h2-11H,1H3. The van der Waals surface area contributed by atoms with Crippen LogP contribution in [0.5, 0.6) is 5.75 Å². The molecule has 0 saturated heterocycles. The van der Waals surface area contributed by atoms with Crippen molar-refractivity contribution in [3.63, 3.8) is 0 Å². The fourth-order valence-electron chi connectivity index (χ4n) is 2.14. The van der Waals surface area contributed by atoms with Gasteiger partial charge in [-0.1, -0.05) is 35.9 Å². The van der Waals surface area contributed by atoms with Gasteiger partial charge in [-0.3, -0.25) is 4.79 Å². The number of aldehydes is 1. The minimum Gasteiger partial charge on any atom is -0.377 e. The number of aromatic nitrogens is 1. The third-order valence-electron chi connectivity index (χ3n) is 3.33. The van der Waals surface area contributed by atoms with Gasteiger partial charge in [0.15, 0.2) is 12.0 Å². The maximum atomic E-state index is 12.4. The number of pyridine rings is 1. The maximum absolute atomic E-state index is 12.4. The zero-order valence-electron chi connectivity index (χ0n) is 12.3. The van der Waals surface area contributed by atoms with Crippen molar-refractivity contribution >= 4 is 27.3 Å². The van der Waals surface area contributed by atoms with E-state index in [0.29, 0.717) is 17.2 Å². The molecule has 0 aliphatic carbocycles. The first kappa shape index (κ1) is 15.2. The summed E-state index contributed by atoms with van der Waals surface area (Å²) in [5.74, 6) is 0.0896. The number of aryl methyl sites for hydroxylation is 1. The minimum atomic E-state index is -3.97. The van der Waals surface area contributed by atoms with Gasteiger partial charge in [-0.15, -0.1) is 0 Å². The smallest absolute Gasteiger partial charge is 0.339 e. The fourth-order valence-corrected chi connectivity index (χ4v) is 3.08. The van der Waals surface area contributed by atoms with Crippen molar-refractivity contribution < 1.29 is 17.4 Å². The van der Waals surface area contributed by atoms with Gasteiger partial charge < -0.3 is 4.18 Å². The summed E-state index contributed by atoms with van der Waals surface area (Å²) in [6.45, 7) is 1.87. The van der Waals surface area contributed by atoms with Crippen LogP contribution in [0, 0.1) is 6.92 Å². The van der Waals surface area contributed by atoms with Crippen molar-refractivity contribution in [1.82, 2.24) is 4.98 Å². The van der Waals surface area contributed by atoms with Gasteiger partial charge in [0.1, 0.15) is 16.1 Å². The van der Waals surface area contributed by atoms with E-state index < -0.39 is 10.1 Å². The summed E-state index contributed by atoms with van der Waals surface area (Å²) in [6.07, 6.45) is 0.602. The molecule has 0 atom stereocenters. The molecule has 3 aromatic rings. The highest BCUT2D eigenvalue weighted by molar-refractivity contribution is 7.87. The normalized spacial score (nSPS) is 11.3. The van der Waals surface area contributed by atoms with Crippen LogP contribution in [0.3, 0.4) is 0 Å². The summed E-state index contributed by atoms with van der Waals surface area (Å²) in [4.78, 5) is 15.1. The molecule has 6 heteroatoms. The zero-order chi connectivity index (χ0) is 16.4. The van der Waals surface area contributed by atoms with E-state index in [-0.39, 0.29) is 16.3 Å². The van der Waals surface area contributed by atoms with Crippen LogP contribution in [-0.2, 0) is 10.1 Å². The van der Waals surface area contributed by atoms with Crippen molar-refractivity contribution in [2.75, 3.05) is 0 Å². The highest BCUT2D eigenvalue weighted by Crippen LogP contribution is 2.27. The van der Waals surface area contributed by atoms with Crippen molar-refractivity contribution in [1.29, 1.82) is 0 Å². The summed E-state index contributed by atoms with van der Waals surface area (Å²) >= 11 is 0. The topological polar surface area (TPSA) is 73.3 Å². The summed E-state index contributed by atoms with van der Waals surface area (Å²) in [7, 11) is -3.97. The molecule has 0 amide bonds. The van der Waals surface area contributed by atoms with E-state index in [9.17, 15) is 13.2 Å². The molecule has 3 rings (SSSR count). The van der Waals surface area contributed by atoms with Gasteiger partial charge in [-0.2, -0.15) is 8.42 Å². The van der Waals surface area contributed by atoms with Gasteiger partial charge in [-0.25, -0.2) is 4.98 Å². The second-order valence-electron chi connectivity index (χ2n) is 5.03. The lowest BCUT2D eigenvalue weighted by Crippen LogP contribution is -2.10. The average molecular weight is 327 g/mol. The number of para-hydroxylation sites is 1. The number of carbonyl (C=O) groups is 1. The highest BCUT2D eigenvalue weighted by atomic mass is 32.2. The van der Waals surface area contributed by atoms with Crippen LogP contribution in [0.2, 0.25) is 0 Å². The SMILES string of the molecule is Cc1ccc(S(=O)(=O)Oc2cccc3ccc(C=O)nc23)cc1. The summed E-state index contributed by atoms with van der Waals surface area (Å²) in [5, 5.41) is 0.687. The molecule has 1 aromatic heterocycles. The Morgan fingerprint density at radius 2 is 1.74 bits per heavy atom. The fraction of sp³-hybridized carbons (Fsp3) is 0.0588. The van der Waals surface area contributed by atoms with Crippen LogP contribution in [0.1, 0.15) is 16.1 Å². The molecule has 0 aliphatic rings. The number of nitrogens with zero attached hydrogens (tertiary/aromatic N) is 1. The predicted molar refractivity (Wildman–Crippen MR) is 86.1 cm³/mol. The second kappa shape index (κ2) is 5.81. The lowest BCUT2D eigenvalue weighted by atomic mass is 10.2. The van der Waals surface area contributed by atoms with Crippen molar-refractivity contribution in [2.24, 2.45) is 0 Å². The first-order valence-electron chi connectivity index (χ1n) is 6.86. The first-order valence-corrected chi connectivity index (χ1v) is 8.26. The molecular weight excluding hydrogens is 314 g/mol. The molecule has 2 aromatic carbocycles. The molecule has 23 heavy (non-hydrogen) atoms. The number of fused-ring (bicyclic) bond motifs is 1. The molecular formula is C17H13NO4S. The van der Waals surface area contributed by atoms with Gasteiger partial charge in [0.25, 0.3) is 0 Å². The van der Waals surface area contributed by atoms with Crippen LogP contribution in [0.15, 0.2) is 59.5 Å². The predicted octanol–water partition coefficient (Wildman–Crippen LogP) is 3.12. The largest absolute Gasteiger partial charge is 0.377 e. The van der Waals surface area contributed by atoms with E-state index in [4.69, 9.17) is 4.18 Å². The Labute approximate surface area is 133 Å². The van der Waals surface area contributed by atoms with Crippen LogP contribution < -0.4 is 4.18 Å². The van der Waals surface area contributed by atoms with E-state index >= 15 is 0 Å². The molecule has 116 valence electrons. The molecule has 0 spiro atoms. The van der Waals surface area contributed by atoms with Gasteiger partial charge in [0.2, 0.25) is 0 Å². The summed E-state index contributed by atoms with van der Waals surface area (Å²) < 4.78 is 30.0. The quantitative estimate of drug-likeness (QED) is 0.544. The van der Waals surface area contributed by atoms with E-state index in [1.54, 1.807) is 36.4 Å². The van der Waals surface area contributed by atoms with Gasteiger partial charge in [0.05, 0.1) is 0 Å². The van der Waals surface area contributed by atoms with E-state index in [0.717, 1.165) is 5.56 Å². The second-order valence-corrected chi connectivity index (χ2v) is 6.58. The van der Waals surface area contributed by atoms with Gasteiger partial charge >= 0.3 is 10.1 Å². The Morgan fingerprint density at radius 3 is 2.43 bits per heavy atom. The third kappa shape index (κ3) is 3.07. The average Bonchev–Trinajstić information content (AvgIpc) is 2.55. The Morgan fingerprint density at radius 1 is 1.00 bits per heavy atom. The summed E-state index contributed by atoms with van der Waals surface area (Å²) in [6, 6.07) is 14.6. The van der Waals surface area contributed by atoms with Crippen LogP contribution in [0.25, 0.3) is 10.9 Å². The lowest BCUT2D eigenvalue weighted by molar-refractivity contribution is 0.111. The Kier molecular flexibility index (Phi) is 3.83. The lowest BCUT2D eigenvalue weighted by Gasteiger charge is -2.09. The van der Waals surface area contributed by atoms with E-state index in [2.05, 4.69) is 4.98 Å². The monoisotopic (exact) mass is 327 g/mol. The Hall–Kier alpha value is -2.73. The number of hydrogen-bond donors (Lipinski definition) is 0. The van der Waals surface area contributed by atoms with Crippen molar-refractivity contribution in [3.8, 4) is 5.75 Å². The molecule has 0 bridgehead atoms. The van der Waals surface area contributed by atoms with E-state index in [1.807, 2.05) is 6.92 Å². The van der Waals surface area contributed by atoms with Gasteiger partial charge in [0, 0.05) is 5.39 Å². The molecule has 0 fully saturated rings. The maximum Gasteiger partial charge on any atom is 0.339 e. The molecule has 0 radical (unpaired) electrons. The number of hydrogen-bond acceptors (Lipinski definition) is 5. The van der Waals surface area contributed by atoms with Crippen LogP contribution in [-0.4, -0.2) is 19.7 Å². The first-order chi connectivity index (χ1) is 11.0. The summed E-state index contributed by atoms with van der Waals surface area (Å²) in [5.41, 5.74) is 1.49. The number of carbonyl (C=O) groups excluding carboxylic acids is 1. The van der Waals surface area contributed by atoms with Crippen molar-refractivity contribution in [3.05, 3.63) is 65.9 Å². The molecule has 0 N–H and O–H groups in total. The molecule has 5 nitrogen and oxygen atoms in total. The minimum absolute atomic E-state index is 0.0617.